The van der Waals surface area contributed by atoms with Gasteiger partial charge in [0.2, 0.25) is 0 Å². The monoisotopic (exact) mass is 232 g/mol. The summed E-state index contributed by atoms with van der Waals surface area (Å²) in [6, 6.07) is 9.38. The van der Waals surface area contributed by atoms with Crippen molar-refractivity contribution in [3.63, 3.8) is 0 Å². The number of hydrogen-bond acceptors (Lipinski definition) is 3. The van der Waals surface area contributed by atoms with Crippen LogP contribution in [0.2, 0.25) is 0 Å². The molecule has 17 heavy (non-hydrogen) atoms. The molecule has 0 fully saturated rings. The molecule has 5 heteroatoms. The largest absolute Gasteiger partial charge is 0.383 e. The summed E-state index contributed by atoms with van der Waals surface area (Å²) in [7, 11) is 1.63. The minimum atomic E-state index is 0.379. The van der Waals surface area contributed by atoms with Crippen LogP contribution in [0, 0.1) is 11.3 Å². The molecule has 3 N–H and O–H groups in total. The second-order valence-corrected chi connectivity index (χ2v) is 3.43. The zero-order valence-corrected chi connectivity index (χ0v) is 9.81. The van der Waals surface area contributed by atoms with Crippen molar-refractivity contribution < 1.29 is 4.74 Å². The quantitative estimate of drug-likeness (QED) is 0.442. The molecule has 0 unspecified atom stereocenters. The van der Waals surface area contributed by atoms with Crippen molar-refractivity contribution in [1.29, 1.82) is 5.26 Å². The molecule has 0 aliphatic rings. The summed E-state index contributed by atoms with van der Waals surface area (Å²) in [6.45, 7) is 1.67. The fraction of sp³-hybridized carbons (Fsp3) is 0.333. The van der Waals surface area contributed by atoms with Crippen molar-refractivity contribution in [2.45, 2.75) is 6.54 Å². The Morgan fingerprint density at radius 2 is 2.41 bits per heavy atom. The maximum atomic E-state index is 8.75. The Bertz CT molecular complexity index is 423. The number of ether oxygens (including phenoxy) is 1. The van der Waals surface area contributed by atoms with Gasteiger partial charge < -0.3 is 15.8 Å². The second-order valence-electron chi connectivity index (χ2n) is 3.43. The summed E-state index contributed by atoms with van der Waals surface area (Å²) in [4.78, 5) is 4.16. The van der Waals surface area contributed by atoms with E-state index in [0.29, 0.717) is 31.2 Å². The highest BCUT2D eigenvalue weighted by Gasteiger charge is 1.95. The summed E-state index contributed by atoms with van der Waals surface area (Å²) in [5, 5.41) is 11.7. The average Bonchev–Trinajstić information content (AvgIpc) is 2.37. The highest BCUT2D eigenvalue weighted by Crippen LogP contribution is 2.04. The lowest BCUT2D eigenvalue weighted by Gasteiger charge is -2.04. The van der Waals surface area contributed by atoms with Gasteiger partial charge in [0.05, 0.1) is 24.8 Å². The van der Waals surface area contributed by atoms with Gasteiger partial charge in [-0.1, -0.05) is 12.1 Å². The molecule has 1 aromatic rings. The van der Waals surface area contributed by atoms with E-state index in [1.54, 1.807) is 19.2 Å². The first-order valence-electron chi connectivity index (χ1n) is 5.28. The molecule has 0 atom stereocenters. The molecule has 0 radical (unpaired) electrons. The number of nitrogens with two attached hydrogens (primary N) is 1. The Morgan fingerprint density at radius 1 is 1.59 bits per heavy atom. The highest BCUT2D eigenvalue weighted by molar-refractivity contribution is 5.77. The number of nitriles is 1. The predicted octanol–water partition coefficient (Wildman–Crippen LogP) is 0.609. The molecular weight excluding hydrogens is 216 g/mol. The third-order valence-electron chi connectivity index (χ3n) is 2.10. The van der Waals surface area contributed by atoms with Crippen molar-refractivity contribution in [3.8, 4) is 6.07 Å². The zero-order chi connectivity index (χ0) is 12.5. The molecule has 5 nitrogen and oxygen atoms in total. The molecule has 1 rings (SSSR count). The van der Waals surface area contributed by atoms with Crippen molar-refractivity contribution in [1.82, 2.24) is 5.32 Å². The van der Waals surface area contributed by atoms with E-state index in [-0.39, 0.29) is 0 Å². The average molecular weight is 232 g/mol. The van der Waals surface area contributed by atoms with Gasteiger partial charge >= 0.3 is 0 Å². The topological polar surface area (TPSA) is 83.4 Å². The maximum absolute atomic E-state index is 8.75. The Balaban J connectivity index is 2.48. The van der Waals surface area contributed by atoms with Crippen LogP contribution in [-0.4, -0.2) is 26.2 Å². The van der Waals surface area contributed by atoms with Gasteiger partial charge in [-0.05, 0) is 17.7 Å². The third-order valence-corrected chi connectivity index (χ3v) is 2.10. The number of rotatable bonds is 5. The first-order valence-corrected chi connectivity index (χ1v) is 5.28. The SMILES string of the molecule is COCCNC(N)=NCc1cccc(C#N)c1. The van der Waals surface area contributed by atoms with Crippen LogP contribution in [-0.2, 0) is 11.3 Å². The molecule has 0 saturated carbocycles. The summed E-state index contributed by atoms with van der Waals surface area (Å²) >= 11 is 0. The first kappa shape index (κ1) is 13.0. The van der Waals surface area contributed by atoms with E-state index in [9.17, 15) is 0 Å². The highest BCUT2D eigenvalue weighted by atomic mass is 16.5. The minimum absolute atomic E-state index is 0.379. The van der Waals surface area contributed by atoms with E-state index in [0.717, 1.165) is 5.56 Å². The van der Waals surface area contributed by atoms with Crippen LogP contribution >= 0.6 is 0 Å². The van der Waals surface area contributed by atoms with E-state index in [1.807, 2.05) is 12.1 Å². The van der Waals surface area contributed by atoms with E-state index < -0.39 is 0 Å². The van der Waals surface area contributed by atoms with Gasteiger partial charge in [-0.2, -0.15) is 5.26 Å². The third kappa shape index (κ3) is 5.00. The number of hydrogen-bond donors (Lipinski definition) is 2. The van der Waals surface area contributed by atoms with Gasteiger partial charge in [0.1, 0.15) is 0 Å². The number of nitrogens with one attached hydrogen (secondary N) is 1. The van der Waals surface area contributed by atoms with Crippen LogP contribution in [0.15, 0.2) is 29.3 Å². The van der Waals surface area contributed by atoms with E-state index in [1.165, 1.54) is 0 Å². The summed E-state index contributed by atoms with van der Waals surface area (Å²) < 4.78 is 4.88. The lowest BCUT2D eigenvalue weighted by Crippen LogP contribution is -2.34. The minimum Gasteiger partial charge on any atom is -0.383 e. The fourth-order valence-electron chi connectivity index (χ4n) is 1.25. The molecule has 0 aromatic heterocycles. The lowest BCUT2D eigenvalue weighted by molar-refractivity contribution is 0.204. The number of benzene rings is 1. The summed E-state index contributed by atoms with van der Waals surface area (Å²) in [6.07, 6.45) is 0. The Morgan fingerprint density at radius 3 is 3.12 bits per heavy atom. The van der Waals surface area contributed by atoms with Crippen LogP contribution in [0.3, 0.4) is 0 Å². The van der Waals surface area contributed by atoms with E-state index in [2.05, 4.69) is 16.4 Å². The number of nitrogens with zero attached hydrogens (tertiary/aromatic N) is 2. The lowest BCUT2D eigenvalue weighted by atomic mass is 10.1. The number of methoxy groups -OCH3 is 1. The Hall–Kier alpha value is -2.06. The molecule has 0 bridgehead atoms. The van der Waals surface area contributed by atoms with Crippen LogP contribution in [0.4, 0.5) is 0 Å². The molecule has 0 amide bonds. The first-order chi connectivity index (χ1) is 8.26. The van der Waals surface area contributed by atoms with Crippen molar-refractivity contribution in [2.75, 3.05) is 20.3 Å². The van der Waals surface area contributed by atoms with Crippen molar-refractivity contribution in [3.05, 3.63) is 35.4 Å². The standard InChI is InChI=1S/C12H16N4O/c1-17-6-5-15-12(14)16-9-11-4-2-3-10(7-11)8-13/h2-4,7H,5-6,9H2,1H3,(H3,14,15,16). The maximum Gasteiger partial charge on any atom is 0.188 e. The van der Waals surface area contributed by atoms with Gasteiger partial charge in [0.25, 0.3) is 0 Å². The number of guanidine groups is 1. The summed E-state index contributed by atoms with van der Waals surface area (Å²) in [5.74, 6) is 0.379. The van der Waals surface area contributed by atoms with Gasteiger partial charge in [-0.15, -0.1) is 0 Å². The van der Waals surface area contributed by atoms with E-state index >= 15 is 0 Å². The second kappa shape index (κ2) is 7.25. The van der Waals surface area contributed by atoms with E-state index in [4.69, 9.17) is 15.7 Å². The predicted molar refractivity (Wildman–Crippen MR) is 66.4 cm³/mol. The molecule has 90 valence electrons. The Kier molecular flexibility index (Phi) is 5.55. The smallest absolute Gasteiger partial charge is 0.188 e. The number of aliphatic imine (C=N–C) groups is 1. The fourth-order valence-corrected chi connectivity index (χ4v) is 1.25. The molecule has 0 saturated heterocycles. The Labute approximate surface area is 101 Å². The molecule has 0 aliphatic carbocycles. The van der Waals surface area contributed by atoms with Crippen LogP contribution in [0.25, 0.3) is 0 Å². The van der Waals surface area contributed by atoms with Gasteiger partial charge in [-0.3, -0.25) is 0 Å². The normalized spacial score (nSPS) is 10.9. The van der Waals surface area contributed by atoms with Crippen LogP contribution in [0.1, 0.15) is 11.1 Å². The van der Waals surface area contributed by atoms with Crippen molar-refractivity contribution in [2.24, 2.45) is 10.7 Å². The van der Waals surface area contributed by atoms with Crippen LogP contribution in [0.5, 0.6) is 0 Å². The van der Waals surface area contributed by atoms with Crippen LogP contribution < -0.4 is 11.1 Å². The zero-order valence-electron chi connectivity index (χ0n) is 9.81. The van der Waals surface area contributed by atoms with Gasteiger partial charge in [0.15, 0.2) is 5.96 Å². The van der Waals surface area contributed by atoms with Crippen molar-refractivity contribution >= 4 is 5.96 Å². The molecule has 0 heterocycles. The molecule has 0 aliphatic heterocycles. The molecular formula is C12H16N4O. The summed E-state index contributed by atoms with van der Waals surface area (Å²) in [5.41, 5.74) is 7.24. The molecule has 0 spiro atoms. The molecule has 1 aromatic carbocycles. The van der Waals surface area contributed by atoms with Gasteiger partial charge in [-0.25, -0.2) is 4.99 Å². The van der Waals surface area contributed by atoms with Gasteiger partial charge in [0, 0.05) is 13.7 Å².